The first-order valence-corrected chi connectivity index (χ1v) is 9.45. The van der Waals surface area contributed by atoms with Gasteiger partial charge in [-0.05, 0) is 36.5 Å². The van der Waals surface area contributed by atoms with Crippen LogP contribution in [0.3, 0.4) is 0 Å². The van der Waals surface area contributed by atoms with Crippen molar-refractivity contribution in [1.29, 1.82) is 0 Å². The van der Waals surface area contributed by atoms with E-state index in [1.807, 2.05) is 12.1 Å². The Kier molecular flexibility index (Phi) is 5.77. The molecule has 26 heavy (non-hydrogen) atoms. The number of benzene rings is 1. The summed E-state index contributed by atoms with van der Waals surface area (Å²) in [6.45, 7) is 4.34. The average Bonchev–Trinajstić information content (AvgIpc) is 2.62. The molecule has 6 heteroatoms. The van der Waals surface area contributed by atoms with Crippen LogP contribution in [0.5, 0.6) is 0 Å². The van der Waals surface area contributed by atoms with E-state index >= 15 is 0 Å². The first-order chi connectivity index (χ1) is 12.4. The number of hydrogen-bond donors (Lipinski definition) is 1. The average molecular weight is 374 g/mol. The standard InChI is InChI=1S/C20H24ClN3O2/c1-13-4-3-5-17(14(13)2)22-19(25)12-24-20(26)11-10-18(23-24)15-6-8-16(21)9-7-15/h6-11,13-14,17H,3-5,12H2,1-2H3,(H,22,25)/t13-,14-,17+/m1/s1. The Balaban J connectivity index is 1.72. The van der Waals surface area contributed by atoms with E-state index in [-0.39, 0.29) is 24.1 Å². The summed E-state index contributed by atoms with van der Waals surface area (Å²) in [5.74, 6) is 0.875. The lowest BCUT2D eigenvalue weighted by Crippen LogP contribution is -2.45. The topological polar surface area (TPSA) is 64.0 Å². The minimum absolute atomic E-state index is 0.0716. The zero-order valence-electron chi connectivity index (χ0n) is 15.1. The van der Waals surface area contributed by atoms with Crippen LogP contribution >= 0.6 is 11.6 Å². The molecule has 1 saturated carbocycles. The lowest BCUT2D eigenvalue weighted by Gasteiger charge is -2.34. The molecule has 1 fully saturated rings. The molecule has 5 nitrogen and oxygen atoms in total. The number of nitrogens with one attached hydrogen (secondary N) is 1. The third-order valence-electron chi connectivity index (χ3n) is 5.35. The van der Waals surface area contributed by atoms with Gasteiger partial charge >= 0.3 is 0 Å². The fourth-order valence-corrected chi connectivity index (χ4v) is 3.64. The maximum atomic E-state index is 12.4. The van der Waals surface area contributed by atoms with Gasteiger partial charge in [-0.3, -0.25) is 9.59 Å². The molecule has 0 aliphatic heterocycles. The molecule has 0 unspecified atom stereocenters. The van der Waals surface area contributed by atoms with Crippen LogP contribution in [0.1, 0.15) is 33.1 Å². The monoisotopic (exact) mass is 373 g/mol. The number of amides is 1. The van der Waals surface area contributed by atoms with Crippen LogP contribution in [-0.4, -0.2) is 21.7 Å². The number of carbonyl (C=O) groups is 1. The van der Waals surface area contributed by atoms with Crippen molar-refractivity contribution in [2.45, 2.75) is 45.7 Å². The second-order valence-electron chi connectivity index (χ2n) is 7.16. The molecule has 3 rings (SSSR count). The molecule has 1 N–H and O–H groups in total. The van der Waals surface area contributed by atoms with Crippen molar-refractivity contribution in [1.82, 2.24) is 15.1 Å². The molecule has 3 atom stereocenters. The summed E-state index contributed by atoms with van der Waals surface area (Å²) >= 11 is 5.91. The van der Waals surface area contributed by atoms with Gasteiger partial charge in [-0.15, -0.1) is 0 Å². The molecule has 1 aliphatic carbocycles. The molecule has 0 saturated heterocycles. The highest BCUT2D eigenvalue weighted by Gasteiger charge is 2.28. The molecule has 1 aromatic carbocycles. The van der Waals surface area contributed by atoms with Gasteiger partial charge in [0.2, 0.25) is 5.91 Å². The molecule has 0 bridgehead atoms. The van der Waals surface area contributed by atoms with Gasteiger partial charge in [0.05, 0.1) is 5.69 Å². The van der Waals surface area contributed by atoms with Gasteiger partial charge < -0.3 is 5.32 Å². The van der Waals surface area contributed by atoms with Gasteiger partial charge in [-0.2, -0.15) is 5.10 Å². The number of rotatable bonds is 4. The number of nitrogens with zero attached hydrogens (tertiary/aromatic N) is 2. The van der Waals surface area contributed by atoms with E-state index in [1.165, 1.54) is 17.2 Å². The number of hydrogen-bond acceptors (Lipinski definition) is 3. The zero-order chi connectivity index (χ0) is 18.7. The van der Waals surface area contributed by atoms with E-state index < -0.39 is 0 Å². The number of carbonyl (C=O) groups excluding carboxylic acids is 1. The summed E-state index contributed by atoms with van der Waals surface area (Å²) in [7, 11) is 0. The van der Waals surface area contributed by atoms with Crippen molar-refractivity contribution in [3.8, 4) is 11.3 Å². The Hall–Kier alpha value is -2.14. The molecule has 1 aromatic heterocycles. The minimum atomic E-state index is -0.289. The first kappa shape index (κ1) is 18.6. The SMILES string of the molecule is C[C@@H]1[C@H](C)CCC[C@@H]1NC(=O)Cn1nc(-c2ccc(Cl)cc2)ccc1=O. The summed E-state index contributed by atoms with van der Waals surface area (Å²) in [6, 6.07) is 10.5. The van der Waals surface area contributed by atoms with Gasteiger partial charge in [0.15, 0.2) is 0 Å². The molecule has 0 spiro atoms. The Labute approximate surface area is 158 Å². The molecular formula is C20H24ClN3O2. The molecule has 1 aliphatic rings. The van der Waals surface area contributed by atoms with Crippen molar-refractivity contribution in [3.05, 3.63) is 51.8 Å². The largest absolute Gasteiger partial charge is 0.351 e. The van der Waals surface area contributed by atoms with Gasteiger partial charge in [-0.1, -0.05) is 50.4 Å². The Morgan fingerprint density at radius 1 is 1.19 bits per heavy atom. The van der Waals surface area contributed by atoms with Crippen LogP contribution in [0.15, 0.2) is 41.2 Å². The Morgan fingerprint density at radius 3 is 2.65 bits per heavy atom. The molecule has 1 amide bonds. The van der Waals surface area contributed by atoms with Crippen molar-refractivity contribution in [3.63, 3.8) is 0 Å². The smallest absolute Gasteiger partial charge is 0.267 e. The third-order valence-corrected chi connectivity index (χ3v) is 5.61. The summed E-state index contributed by atoms with van der Waals surface area (Å²) in [6.07, 6.45) is 3.32. The zero-order valence-corrected chi connectivity index (χ0v) is 15.9. The van der Waals surface area contributed by atoms with Crippen molar-refractivity contribution in [2.24, 2.45) is 11.8 Å². The van der Waals surface area contributed by atoms with Crippen LogP contribution in [0.25, 0.3) is 11.3 Å². The third kappa shape index (κ3) is 4.33. The lowest BCUT2D eigenvalue weighted by atomic mass is 9.78. The van der Waals surface area contributed by atoms with Gasteiger partial charge in [0, 0.05) is 22.7 Å². The van der Waals surface area contributed by atoms with Crippen molar-refractivity contribution in [2.75, 3.05) is 0 Å². The van der Waals surface area contributed by atoms with Crippen LogP contribution in [0.4, 0.5) is 0 Å². The van der Waals surface area contributed by atoms with E-state index in [0.717, 1.165) is 18.4 Å². The molecule has 1 heterocycles. The fourth-order valence-electron chi connectivity index (χ4n) is 3.51. The highest BCUT2D eigenvalue weighted by atomic mass is 35.5. The quantitative estimate of drug-likeness (QED) is 0.892. The molecule has 138 valence electrons. The van der Waals surface area contributed by atoms with Crippen LogP contribution in [0.2, 0.25) is 5.02 Å². The minimum Gasteiger partial charge on any atom is -0.351 e. The highest BCUT2D eigenvalue weighted by Crippen LogP contribution is 2.29. The predicted molar refractivity (Wildman–Crippen MR) is 103 cm³/mol. The molecular weight excluding hydrogens is 350 g/mol. The van der Waals surface area contributed by atoms with Crippen LogP contribution < -0.4 is 10.9 Å². The highest BCUT2D eigenvalue weighted by molar-refractivity contribution is 6.30. The summed E-state index contributed by atoms with van der Waals surface area (Å²) in [5, 5.41) is 8.06. The summed E-state index contributed by atoms with van der Waals surface area (Å²) < 4.78 is 1.22. The van der Waals surface area contributed by atoms with E-state index in [0.29, 0.717) is 22.6 Å². The van der Waals surface area contributed by atoms with Crippen molar-refractivity contribution >= 4 is 17.5 Å². The van der Waals surface area contributed by atoms with Crippen LogP contribution in [-0.2, 0) is 11.3 Å². The molecule has 2 aromatic rings. The second-order valence-corrected chi connectivity index (χ2v) is 7.60. The van der Waals surface area contributed by atoms with E-state index in [9.17, 15) is 9.59 Å². The van der Waals surface area contributed by atoms with Gasteiger partial charge in [0.1, 0.15) is 6.54 Å². The van der Waals surface area contributed by atoms with Crippen molar-refractivity contribution < 1.29 is 4.79 Å². The van der Waals surface area contributed by atoms with E-state index in [2.05, 4.69) is 24.3 Å². The normalized spacial score (nSPS) is 22.8. The maximum Gasteiger partial charge on any atom is 0.267 e. The number of aromatic nitrogens is 2. The predicted octanol–water partition coefficient (Wildman–Crippen LogP) is 3.50. The van der Waals surface area contributed by atoms with Gasteiger partial charge in [0.25, 0.3) is 5.56 Å². The van der Waals surface area contributed by atoms with Gasteiger partial charge in [-0.25, -0.2) is 4.68 Å². The molecule has 0 radical (unpaired) electrons. The van der Waals surface area contributed by atoms with E-state index in [4.69, 9.17) is 11.6 Å². The van der Waals surface area contributed by atoms with E-state index in [1.54, 1.807) is 18.2 Å². The number of halogens is 1. The van der Waals surface area contributed by atoms with Crippen LogP contribution in [0, 0.1) is 11.8 Å². The fraction of sp³-hybridized carbons (Fsp3) is 0.450. The first-order valence-electron chi connectivity index (χ1n) is 9.07. The summed E-state index contributed by atoms with van der Waals surface area (Å²) in [4.78, 5) is 24.5. The summed E-state index contributed by atoms with van der Waals surface area (Å²) in [5.41, 5.74) is 1.19. The lowest BCUT2D eigenvalue weighted by molar-refractivity contribution is -0.123. The Bertz CT molecular complexity index is 832. The second kappa shape index (κ2) is 8.04. The Morgan fingerprint density at radius 2 is 1.92 bits per heavy atom. The maximum absolute atomic E-state index is 12.4.